The van der Waals surface area contributed by atoms with Gasteiger partial charge in [-0.05, 0) is 39.8 Å². The molecule has 158 valence electrons. The number of aromatic nitrogens is 2. The first-order valence-electron chi connectivity index (χ1n) is 9.92. The Kier molecular flexibility index (Phi) is 4.83. The summed E-state index contributed by atoms with van der Waals surface area (Å²) in [6.07, 6.45) is -0.664. The highest BCUT2D eigenvalue weighted by molar-refractivity contribution is 6.04. The van der Waals surface area contributed by atoms with Crippen LogP contribution in [-0.4, -0.2) is 67.7 Å². The van der Waals surface area contributed by atoms with Crippen molar-refractivity contribution in [3.63, 3.8) is 0 Å². The molecule has 1 aromatic heterocycles. The zero-order valence-electron chi connectivity index (χ0n) is 17.7. The summed E-state index contributed by atoms with van der Waals surface area (Å²) in [6.45, 7) is 7.62. The Bertz CT molecular complexity index is 1050. The second-order valence-electron chi connectivity index (χ2n) is 8.04. The predicted octanol–water partition coefficient (Wildman–Crippen LogP) is 2.36. The largest absolute Gasteiger partial charge is 0.328 e. The Morgan fingerprint density at radius 1 is 1.17 bits per heavy atom. The number of halogens is 1. The summed E-state index contributed by atoms with van der Waals surface area (Å²) >= 11 is 0. The molecule has 2 aromatic rings. The maximum absolute atomic E-state index is 14.2. The first-order valence-corrected chi connectivity index (χ1v) is 9.92. The lowest BCUT2D eigenvalue weighted by Crippen LogP contribution is -2.65. The van der Waals surface area contributed by atoms with Gasteiger partial charge in [0.15, 0.2) is 12.2 Å². The van der Waals surface area contributed by atoms with Crippen LogP contribution >= 0.6 is 0 Å². The zero-order valence-corrected chi connectivity index (χ0v) is 17.7. The van der Waals surface area contributed by atoms with Crippen LogP contribution in [0.2, 0.25) is 0 Å². The molecule has 9 heteroatoms. The number of hydrogen-bond acceptors (Lipinski definition) is 5. The minimum atomic E-state index is -0.696. The third-order valence-electron chi connectivity index (χ3n) is 5.55. The molecule has 8 nitrogen and oxygen atoms in total. The quantitative estimate of drug-likeness (QED) is 0.776. The van der Waals surface area contributed by atoms with E-state index >= 15 is 0 Å². The number of amides is 3. The van der Waals surface area contributed by atoms with Crippen molar-refractivity contribution in [3.05, 3.63) is 53.1 Å². The number of fused-ring (bicyclic) bond motifs is 1. The summed E-state index contributed by atoms with van der Waals surface area (Å²) < 4.78 is 15.9. The Hall–Kier alpha value is -3.23. The first kappa shape index (κ1) is 20.1. The van der Waals surface area contributed by atoms with E-state index in [0.29, 0.717) is 11.5 Å². The van der Waals surface area contributed by atoms with E-state index in [0.717, 1.165) is 16.3 Å². The fraction of sp³-hybridized carbons (Fsp3) is 0.429. The number of rotatable bonds is 3. The summed E-state index contributed by atoms with van der Waals surface area (Å²) in [5.74, 6) is -0.304. The Labute approximate surface area is 174 Å². The molecule has 0 spiro atoms. The Balaban J connectivity index is 1.73. The monoisotopic (exact) mass is 412 g/mol. The Morgan fingerprint density at radius 3 is 2.47 bits per heavy atom. The molecule has 0 N–H and O–H groups in total. The molecule has 2 atom stereocenters. The number of likely N-dealkylation sites (N-methyl/N-ethyl adjacent to an activating group) is 1. The smallest absolute Gasteiger partial charge is 0.323 e. The van der Waals surface area contributed by atoms with Gasteiger partial charge in [-0.25, -0.2) is 18.9 Å². The molecule has 0 aliphatic carbocycles. The summed E-state index contributed by atoms with van der Waals surface area (Å²) in [6, 6.07) is 6.84. The Morgan fingerprint density at radius 2 is 1.87 bits per heavy atom. The number of urea groups is 1. The molecule has 4 rings (SSSR count). The fourth-order valence-corrected chi connectivity index (χ4v) is 4.12. The van der Waals surface area contributed by atoms with Crippen molar-refractivity contribution in [3.8, 4) is 0 Å². The van der Waals surface area contributed by atoms with Gasteiger partial charge in [0, 0.05) is 24.3 Å². The fourth-order valence-electron chi connectivity index (χ4n) is 4.12. The van der Waals surface area contributed by atoms with Gasteiger partial charge in [-0.2, -0.15) is 5.10 Å². The molecule has 1 aromatic carbocycles. The summed E-state index contributed by atoms with van der Waals surface area (Å²) in [7, 11) is 1.62. The number of hydrogen-bond donors (Lipinski definition) is 0. The number of aryl methyl sites for hydroxylation is 2. The molecule has 1 saturated heterocycles. The molecule has 0 saturated carbocycles. The zero-order chi connectivity index (χ0) is 21.7. The summed E-state index contributed by atoms with van der Waals surface area (Å²) in [5.41, 5.74) is 2.02. The van der Waals surface area contributed by atoms with Crippen LogP contribution in [0.5, 0.6) is 0 Å². The molecule has 0 radical (unpaired) electrons. The van der Waals surface area contributed by atoms with Crippen LogP contribution in [-0.2, 0) is 11.3 Å². The maximum atomic E-state index is 14.2. The van der Waals surface area contributed by atoms with Crippen LogP contribution in [0.4, 0.5) is 9.18 Å². The third-order valence-corrected chi connectivity index (χ3v) is 5.55. The van der Waals surface area contributed by atoms with E-state index in [1.165, 1.54) is 11.0 Å². The van der Waals surface area contributed by atoms with E-state index in [2.05, 4.69) is 5.10 Å². The van der Waals surface area contributed by atoms with Crippen LogP contribution in [0.1, 0.15) is 30.8 Å². The molecule has 3 amide bonds. The van der Waals surface area contributed by atoms with Gasteiger partial charge in [0.05, 0.1) is 12.2 Å². The number of imide groups is 1. The average molecular weight is 412 g/mol. The highest BCUT2D eigenvalue weighted by Gasteiger charge is 2.53. The molecule has 3 heterocycles. The van der Waals surface area contributed by atoms with E-state index in [9.17, 15) is 14.0 Å². The minimum absolute atomic E-state index is 0.0662. The normalized spacial score (nSPS) is 21.6. The lowest BCUT2D eigenvalue weighted by Gasteiger charge is -2.42. The molecule has 1 fully saturated rings. The van der Waals surface area contributed by atoms with Gasteiger partial charge in [-0.3, -0.25) is 9.69 Å². The number of benzene rings is 1. The van der Waals surface area contributed by atoms with Gasteiger partial charge >= 0.3 is 6.03 Å². The van der Waals surface area contributed by atoms with Gasteiger partial charge in [-0.15, -0.1) is 0 Å². The lowest BCUT2D eigenvalue weighted by molar-refractivity contribution is -0.138. The van der Waals surface area contributed by atoms with E-state index in [1.54, 1.807) is 29.9 Å². The molecule has 30 heavy (non-hydrogen) atoms. The summed E-state index contributed by atoms with van der Waals surface area (Å²) in [5, 5.41) is 4.52. The molecule has 2 aliphatic heterocycles. The van der Waals surface area contributed by atoms with E-state index in [-0.39, 0.29) is 18.5 Å². The highest BCUT2D eigenvalue weighted by Crippen LogP contribution is 2.31. The van der Waals surface area contributed by atoms with Gasteiger partial charge in [0.25, 0.3) is 5.91 Å². The van der Waals surface area contributed by atoms with Crippen molar-refractivity contribution in [2.75, 3.05) is 7.05 Å². The van der Waals surface area contributed by atoms with Gasteiger partial charge < -0.3 is 9.80 Å². The second-order valence-corrected chi connectivity index (χ2v) is 8.04. The molecule has 0 bridgehead atoms. The van der Waals surface area contributed by atoms with Crippen LogP contribution in [0.25, 0.3) is 0 Å². The van der Waals surface area contributed by atoms with Gasteiger partial charge in [0.1, 0.15) is 5.82 Å². The van der Waals surface area contributed by atoms with Crippen molar-refractivity contribution < 1.29 is 14.0 Å². The topological polar surface area (TPSA) is 74.0 Å². The van der Waals surface area contributed by atoms with Crippen molar-refractivity contribution in [2.24, 2.45) is 4.99 Å². The highest BCUT2D eigenvalue weighted by atomic mass is 19.1. The van der Waals surface area contributed by atoms with Crippen molar-refractivity contribution in [1.29, 1.82) is 0 Å². The number of aliphatic imine (C=N–C) groups is 1. The van der Waals surface area contributed by atoms with Crippen LogP contribution in [0.15, 0.2) is 35.3 Å². The molecule has 2 unspecified atom stereocenters. The number of carbonyl (C=O) groups is 2. The third kappa shape index (κ3) is 3.05. The van der Waals surface area contributed by atoms with Crippen molar-refractivity contribution in [2.45, 2.75) is 52.5 Å². The first-order chi connectivity index (χ1) is 14.2. The van der Waals surface area contributed by atoms with E-state index in [4.69, 9.17) is 4.99 Å². The molecule has 2 aliphatic rings. The van der Waals surface area contributed by atoms with Crippen LogP contribution in [0, 0.1) is 19.7 Å². The van der Waals surface area contributed by atoms with E-state index in [1.807, 2.05) is 38.7 Å². The van der Waals surface area contributed by atoms with Crippen LogP contribution in [0.3, 0.4) is 0 Å². The maximum Gasteiger partial charge on any atom is 0.328 e. The van der Waals surface area contributed by atoms with Gasteiger partial charge in [0.2, 0.25) is 5.96 Å². The SMILES string of the molecule is Cc1cc(C)n(C2=NC3C(C(=O)N(Cc4ccccc4F)C(=O)N3C)N2C(C)C)n1. The molecular formula is C21H25FN6O2. The minimum Gasteiger partial charge on any atom is -0.323 e. The predicted molar refractivity (Wildman–Crippen MR) is 109 cm³/mol. The average Bonchev–Trinajstić information content (AvgIpc) is 3.24. The van der Waals surface area contributed by atoms with Crippen LogP contribution < -0.4 is 0 Å². The standard InChI is InChI=1S/C21H25FN6O2/c1-12(2)27-17-18(23-20(27)28-14(4)10-13(3)24-28)25(5)21(30)26(19(17)29)11-15-8-6-7-9-16(15)22/h6-10,12,17-18H,11H2,1-5H3. The molecular weight excluding hydrogens is 387 g/mol. The summed E-state index contributed by atoms with van der Waals surface area (Å²) in [4.78, 5) is 35.6. The second kappa shape index (κ2) is 7.23. The van der Waals surface area contributed by atoms with Gasteiger partial charge in [-0.1, -0.05) is 18.2 Å². The van der Waals surface area contributed by atoms with Crippen molar-refractivity contribution >= 4 is 17.9 Å². The van der Waals surface area contributed by atoms with Crippen molar-refractivity contribution in [1.82, 2.24) is 24.5 Å². The lowest BCUT2D eigenvalue weighted by atomic mass is 10.1. The van der Waals surface area contributed by atoms with E-state index < -0.39 is 24.1 Å². The number of carbonyl (C=O) groups excluding carboxylic acids is 2. The number of nitrogens with zero attached hydrogens (tertiary/aromatic N) is 6.